The van der Waals surface area contributed by atoms with Crippen LogP contribution >= 0.6 is 0 Å². The molecule has 0 amide bonds. The largest absolute Gasteiger partial charge is 0.338 e. The van der Waals surface area contributed by atoms with Gasteiger partial charge >= 0.3 is 0 Å². The zero-order chi connectivity index (χ0) is 17.0. The van der Waals surface area contributed by atoms with E-state index in [0.29, 0.717) is 12.2 Å². The summed E-state index contributed by atoms with van der Waals surface area (Å²) < 4.78 is 32.1. The van der Waals surface area contributed by atoms with E-state index in [4.69, 9.17) is 4.52 Å². The van der Waals surface area contributed by atoms with Crippen LogP contribution in [0.5, 0.6) is 0 Å². The van der Waals surface area contributed by atoms with Gasteiger partial charge in [0, 0.05) is 6.42 Å². The molecule has 0 unspecified atom stereocenters. The summed E-state index contributed by atoms with van der Waals surface area (Å²) >= 11 is 0. The van der Waals surface area contributed by atoms with E-state index in [1.807, 2.05) is 43.3 Å². The molecule has 0 aliphatic heterocycles. The van der Waals surface area contributed by atoms with Crippen LogP contribution in [0, 0.1) is 6.92 Å². The van der Waals surface area contributed by atoms with Crippen LogP contribution in [0.2, 0.25) is 0 Å². The Hall–Kier alpha value is -2.51. The average Bonchev–Trinajstić information content (AvgIpc) is 3.02. The Kier molecular flexibility index (Phi) is 4.73. The zero-order valence-electron chi connectivity index (χ0n) is 13.1. The molecule has 1 N–H and O–H groups in total. The van der Waals surface area contributed by atoms with Gasteiger partial charge < -0.3 is 4.52 Å². The van der Waals surface area contributed by atoms with Gasteiger partial charge in [-0.1, -0.05) is 47.6 Å². The van der Waals surface area contributed by atoms with Crippen LogP contribution in [0.3, 0.4) is 0 Å². The van der Waals surface area contributed by atoms with Gasteiger partial charge in [0.15, 0.2) is 5.82 Å². The molecule has 24 heavy (non-hydrogen) atoms. The first kappa shape index (κ1) is 16.4. The molecule has 0 aliphatic carbocycles. The molecule has 1 heterocycles. The van der Waals surface area contributed by atoms with E-state index >= 15 is 0 Å². The van der Waals surface area contributed by atoms with Crippen LogP contribution in [0.4, 0.5) is 0 Å². The van der Waals surface area contributed by atoms with Crippen LogP contribution in [-0.2, 0) is 23.0 Å². The normalized spacial score (nSPS) is 11.5. The number of sulfonamides is 1. The molecule has 7 heteroatoms. The molecule has 1 aromatic heterocycles. The molecule has 0 spiro atoms. The van der Waals surface area contributed by atoms with Crippen molar-refractivity contribution >= 4 is 10.0 Å². The van der Waals surface area contributed by atoms with Crippen molar-refractivity contribution < 1.29 is 12.9 Å². The van der Waals surface area contributed by atoms with E-state index in [-0.39, 0.29) is 17.3 Å². The van der Waals surface area contributed by atoms with Crippen LogP contribution in [0.15, 0.2) is 64.0 Å². The summed E-state index contributed by atoms with van der Waals surface area (Å²) in [5, 5.41) is 3.88. The number of nitrogens with one attached hydrogen (secondary N) is 1. The SMILES string of the molecule is Cc1cccc(S(=O)(=O)NCc2nc(Cc3ccccc3)no2)c1. The van der Waals surface area contributed by atoms with Gasteiger partial charge in [0.05, 0.1) is 11.4 Å². The molecular formula is C17H17N3O3S. The lowest BCUT2D eigenvalue weighted by Crippen LogP contribution is -2.23. The molecule has 3 rings (SSSR count). The van der Waals surface area contributed by atoms with E-state index in [0.717, 1.165) is 11.1 Å². The van der Waals surface area contributed by atoms with Crippen molar-refractivity contribution in [2.75, 3.05) is 0 Å². The number of rotatable bonds is 6. The van der Waals surface area contributed by atoms with E-state index in [9.17, 15) is 8.42 Å². The third-order valence-corrected chi connectivity index (χ3v) is 4.83. The molecule has 0 saturated carbocycles. The van der Waals surface area contributed by atoms with Crippen LogP contribution in [-0.4, -0.2) is 18.6 Å². The van der Waals surface area contributed by atoms with E-state index in [2.05, 4.69) is 14.9 Å². The Morgan fingerprint density at radius 1 is 1.08 bits per heavy atom. The summed E-state index contributed by atoms with van der Waals surface area (Å²) in [5.74, 6) is 0.753. The third-order valence-electron chi connectivity index (χ3n) is 3.43. The summed E-state index contributed by atoms with van der Waals surface area (Å²) in [5.41, 5.74) is 1.94. The molecule has 3 aromatic rings. The Morgan fingerprint density at radius 2 is 1.88 bits per heavy atom. The van der Waals surface area contributed by atoms with Crippen molar-refractivity contribution in [3.8, 4) is 0 Å². The van der Waals surface area contributed by atoms with Crippen LogP contribution in [0.25, 0.3) is 0 Å². The minimum atomic E-state index is -3.61. The molecule has 0 fully saturated rings. The first-order valence-electron chi connectivity index (χ1n) is 7.45. The molecule has 0 saturated heterocycles. The predicted octanol–water partition coefficient (Wildman–Crippen LogP) is 2.45. The molecule has 0 atom stereocenters. The first-order valence-corrected chi connectivity index (χ1v) is 8.93. The van der Waals surface area contributed by atoms with Gasteiger partial charge in [-0.05, 0) is 30.2 Å². The summed E-state index contributed by atoms with van der Waals surface area (Å²) in [7, 11) is -3.61. The average molecular weight is 343 g/mol. The van der Waals surface area contributed by atoms with Crippen molar-refractivity contribution in [3.63, 3.8) is 0 Å². The van der Waals surface area contributed by atoms with Crippen molar-refractivity contribution in [1.82, 2.24) is 14.9 Å². The summed E-state index contributed by atoms with van der Waals surface area (Å²) in [6.45, 7) is 1.80. The Balaban J connectivity index is 1.65. The second-order valence-corrected chi connectivity index (χ2v) is 7.17. The van der Waals surface area contributed by atoms with Crippen LogP contribution in [0.1, 0.15) is 22.8 Å². The molecule has 0 bridgehead atoms. The van der Waals surface area contributed by atoms with Gasteiger partial charge in [0.25, 0.3) is 0 Å². The highest BCUT2D eigenvalue weighted by molar-refractivity contribution is 7.89. The minimum absolute atomic E-state index is 0.0436. The number of nitrogens with zero attached hydrogens (tertiary/aromatic N) is 2. The highest BCUT2D eigenvalue weighted by Crippen LogP contribution is 2.12. The quantitative estimate of drug-likeness (QED) is 0.743. The first-order chi connectivity index (χ1) is 11.5. The Labute approximate surface area is 140 Å². The van der Waals surface area contributed by atoms with Gasteiger partial charge in [-0.15, -0.1) is 0 Å². The summed E-state index contributed by atoms with van der Waals surface area (Å²) in [4.78, 5) is 4.43. The van der Waals surface area contributed by atoms with E-state index in [1.54, 1.807) is 18.2 Å². The van der Waals surface area contributed by atoms with Crippen molar-refractivity contribution in [2.45, 2.75) is 24.8 Å². The molecule has 124 valence electrons. The minimum Gasteiger partial charge on any atom is -0.338 e. The molecule has 0 radical (unpaired) electrons. The Morgan fingerprint density at radius 3 is 2.62 bits per heavy atom. The maximum Gasteiger partial charge on any atom is 0.241 e. The van der Waals surface area contributed by atoms with Crippen molar-refractivity contribution in [3.05, 3.63) is 77.4 Å². The monoisotopic (exact) mass is 343 g/mol. The van der Waals surface area contributed by atoms with Gasteiger partial charge in [-0.25, -0.2) is 13.1 Å². The second kappa shape index (κ2) is 6.94. The zero-order valence-corrected chi connectivity index (χ0v) is 14.0. The summed E-state index contributed by atoms with van der Waals surface area (Å²) in [6.07, 6.45) is 0.537. The number of benzene rings is 2. The maximum absolute atomic E-state index is 12.3. The number of hydrogen-bond donors (Lipinski definition) is 1. The molecule has 6 nitrogen and oxygen atoms in total. The Bertz CT molecular complexity index is 921. The summed E-state index contributed by atoms with van der Waals surface area (Å²) in [6, 6.07) is 16.4. The second-order valence-electron chi connectivity index (χ2n) is 5.41. The molecular weight excluding hydrogens is 326 g/mol. The van der Waals surface area contributed by atoms with E-state index in [1.165, 1.54) is 0 Å². The van der Waals surface area contributed by atoms with Crippen LogP contribution < -0.4 is 4.72 Å². The lowest BCUT2D eigenvalue weighted by Gasteiger charge is -2.05. The highest BCUT2D eigenvalue weighted by atomic mass is 32.2. The fourth-order valence-electron chi connectivity index (χ4n) is 2.23. The number of hydrogen-bond acceptors (Lipinski definition) is 5. The topological polar surface area (TPSA) is 85.1 Å². The van der Waals surface area contributed by atoms with Gasteiger partial charge in [-0.2, -0.15) is 4.98 Å². The lowest BCUT2D eigenvalue weighted by atomic mass is 10.1. The molecule has 2 aromatic carbocycles. The lowest BCUT2D eigenvalue weighted by molar-refractivity contribution is 0.371. The van der Waals surface area contributed by atoms with Gasteiger partial charge in [0.1, 0.15) is 0 Å². The fourth-order valence-corrected chi connectivity index (χ4v) is 3.31. The maximum atomic E-state index is 12.3. The standard InChI is InChI=1S/C17H17N3O3S/c1-13-6-5-9-15(10-13)24(21,22)18-12-17-19-16(20-23-17)11-14-7-3-2-4-8-14/h2-10,18H,11-12H2,1H3. The number of aryl methyl sites for hydroxylation is 1. The predicted molar refractivity (Wildman–Crippen MR) is 88.8 cm³/mol. The van der Waals surface area contributed by atoms with Gasteiger partial charge in [0.2, 0.25) is 15.9 Å². The fraction of sp³-hybridized carbons (Fsp3) is 0.176. The van der Waals surface area contributed by atoms with Crippen molar-refractivity contribution in [1.29, 1.82) is 0 Å². The van der Waals surface area contributed by atoms with Gasteiger partial charge in [-0.3, -0.25) is 0 Å². The van der Waals surface area contributed by atoms with Crippen molar-refractivity contribution in [2.24, 2.45) is 0 Å². The molecule has 0 aliphatic rings. The highest BCUT2D eigenvalue weighted by Gasteiger charge is 2.16. The smallest absolute Gasteiger partial charge is 0.241 e. The number of aromatic nitrogens is 2. The third kappa shape index (κ3) is 4.06. The van der Waals surface area contributed by atoms with E-state index < -0.39 is 10.0 Å².